The van der Waals surface area contributed by atoms with Gasteiger partial charge in [0.1, 0.15) is 0 Å². The third-order valence-electron chi connectivity index (χ3n) is 3.33. The first-order valence-corrected chi connectivity index (χ1v) is 7.85. The molecule has 1 saturated heterocycles. The Kier molecular flexibility index (Phi) is 6.32. The first-order valence-electron chi connectivity index (χ1n) is 6.70. The predicted octanol–water partition coefficient (Wildman–Crippen LogP) is 1.46. The molecule has 0 spiro atoms. The van der Waals surface area contributed by atoms with Crippen LogP contribution in [0.4, 0.5) is 4.79 Å². The van der Waals surface area contributed by atoms with Gasteiger partial charge in [-0.1, -0.05) is 0 Å². The summed E-state index contributed by atoms with van der Waals surface area (Å²) in [6.07, 6.45) is 1.92. The van der Waals surface area contributed by atoms with Gasteiger partial charge in [0.2, 0.25) is 5.91 Å². The van der Waals surface area contributed by atoms with Crippen molar-refractivity contribution in [3.63, 3.8) is 0 Å². The molecule has 20 heavy (non-hydrogen) atoms. The summed E-state index contributed by atoms with van der Waals surface area (Å²) in [5.41, 5.74) is -1.18. The fraction of sp³-hybridized carbons (Fsp3) is 0.769. The topological polar surface area (TPSA) is 95.5 Å². The van der Waals surface area contributed by atoms with Crippen LogP contribution >= 0.6 is 11.8 Å². The molecule has 1 rings (SSSR count). The Labute approximate surface area is 123 Å². The van der Waals surface area contributed by atoms with Crippen molar-refractivity contribution in [2.75, 3.05) is 18.1 Å². The standard InChI is InChI=1S/C13H22N2O4S/c1-13(2,11(17)18)7-10(16)15-12(19)14-8-9-3-5-20-6-4-9/h9H,3-8H2,1-2H3,(H,17,18)(H2,14,15,16,19). The molecule has 0 unspecified atom stereocenters. The van der Waals surface area contributed by atoms with E-state index in [0.29, 0.717) is 12.5 Å². The van der Waals surface area contributed by atoms with E-state index in [9.17, 15) is 14.4 Å². The zero-order valence-electron chi connectivity index (χ0n) is 11.9. The molecule has 0 aliphatic carbocycles. The van der Waals surface area contributed by atoms with E-state index < -0.39 is 23.3 Å². The Bertz CT molecular complexity index is 379. The molecular formula is C13H22N2O4S. The zero-order valence-corrected chi connectivity index (χ0v) is 12.7. The van der Waals surface area contributed by atoms with E-state index in [0.717, 1.165) is 24.3 Å². The number of amides is 3. The van der Waals surface area contributed by atoms with Crippen LogP contribution < -0.4 is 10.6 Å². The summed E-state index contributed by atoms with van der Waals surface area (Å²) in [6.45, 7) is 3.46. The lowest BCUT2D eigenvalue weighted by Crippen LogP contribution is -2.43. The molecule has 7 heteroatoms. The Morgan fingerprint density at radius 1 is 1.25 bits per heavy atom. The van der Waals surface area contributed by atoms with E-state index in [1.54, 1.807) is 0 Å². The number of urea groups is 1. The predicted molar refractivity (Wildman–Crippen MR) is 77.6 cm³/mol. The van der Waals surface area contributed by atoms with E-state index in [2.05, 4.69) is 10.6 Å². The van der Waals surface area contributed by atoms with Gasteiger partial charge in [0.25, 0.3) is 0 Å². The fourth-order valence-corrected chi connectivity index (χ4v) is 3.08. The average molecular weight is 302 g/mol. The van der Waals surface area contributed by atoms with Gasteiger partial charge >= 0.3 is 12.0 Å². The van der Waals surface area contributed by atoms with Crippen LogP contribution in [0.2, 0.25) is 0 Å². The molecule has 0 radical (unpaired) electrons. The number of carboxylic acid groups (broad SMARTS) is 1. The number of aliphatic carboxylic acids is 1. The number of imide groups is 1. The highest BCUT2D eigenvalue weighted by atomic mass is 32.2. The van der Waals surface area contributed by atoms with E-state index in [1.165, 1.54) is 13.8 Å². The van der Waals surface area contributed by atoms with Crippen molar-refractivity contribution in [3.8, 4) is 0 Å². The van der Waals surface area contributed by atoms with Crippen molar-refractivity contribution in [2.24, 2.45) is 11.3 Å². The van der Waals surface area contributed by atoms with E-state index in [-0.39, 0.29) is 6.42 Å². The molecule has 1 aliphatic heterocycles. The van der Waals surface area contributed by atoms with Crippen LogP contribution in [-0.2, 0) is 9.59 Å². The van der Waals surface area contributed by atoms with Gasteiger partial charge in [-0.15, -0.1) is 0 Å². The van der Waals surface area contributed by atoms with Crippen molar-refractivity contribution >= 4 is 29.7 Å². The fourth-order valence-electron chi connectivity index (χ4n) is 1.88. The summed E-state index contributed by atoms with van der Waals surface area (Å²) in [5.74, 6) is 1.05. The number of carbonyl (C=O) groups is 3. The van der Waals surface area contributed by atoms with Crippen molar-refractivity contribution < 1.29 is 19.5 Å². The van der Waals surface area contributed by atoms with Crippen LogP contribution in [0.25, 0.3) is 0 Å². The van der Waals surface area contributed by atoms with Gasteiger partial charge in [-0.25, -0.2) is 4.79 Å². The van der Waals surface area contributed by atoms with Gasteiger partial charge < -0.3 is 10.4 Å². The molecule has 6 nitrogen and oxygen atoms in total. The number of thioether (sulfide) groups is 1. The highest BCUT2D eigenvalue weighted by Crippen LogP contribution is 2.22. The van der Waals surface area contributed by atoms with Crippen LogP contribution in [0, 0.1) is 11.3 Å². The van der Waals surface area contributed by atoms with Crippen LogP contribution in [0.3, 0.4) is 0 Å². The Hall–Kier alpha value is -1.24. The van der Waals surface area contributed by atoms with Crippen molar-refractivity contribution in [3.05, 3.63) is 0 Å². The summed E-state index contributed by atoms with van der Waals surface area (Å²) in [7, 11) is 0. The van der Waals surface area contributed by atoms with Crippen LogP contribution in [0.1, 0.15) is 33.1 Å². The normalized spacial score (nSPS) is 16.5. The summed E-state index contributed by atoms with van der Waals surface area (Å²) >= 11 is 1.91. The molecular weight excluding hydrogens is 280 g/mol. The molecule has 0 aromatic heterocycles. The summed E-state index contributed by atoms with van der Waals surface area (Å²) in [5, 5.41) is 13.8. The molecule has 0 saturated carbocycles. The molecule has 3 N–H and O–H groups in total. The number of hydrogen-bond donors (Lipinski definition) is 3. The van der Waals surface area contributed by atoms with Crippen molar-refractivity contribution in [1.29, 1.82) is 0 Å². The molecule has 3 amide bonds. The number of carbonyl (C=O) groups excluding carboxylic acids is 2. The number of rotatable bonds is 5. The van der Waals surface area contributed by atoms with Crippen molar-refractivity contribution in [2.45, 2.75) is 33.1 Å². The second-order valence-corrected chi connectivity index (χ2v) is 6.90. The monoisotopic (exact) mass is 302 g/mol. The lowest BCUT2D eigenvalue weighted by Gasteiger charge is -2.22. The van der Waals surface area contributed by atoms with Gasteiger partial charge in [-0.05, 0) is 44.1 Å². The summed E-state index contributed by atoms with van der Waals surface area (Å²) < 4.78 is 0. The smallest absolute Gasteiger partial charge is 0.321 e. The Morgan fingerprint density at radius 3 is 2.40 bits per heavy atom. The minimum absolute atomic E-state index is 0.226. The SMILES string of the molecule is CC(C)(CC(=O)NC(=O)NCC1CCSCC1)C(=O)O. The number of hydrogen-bond acceptors (Lipinski definition) is 4. The third-order valence-corrected chi connectivity index (χ3v) is 4.38. The minimum atomic E-state index is -1.18. The lowest BCUT2D eigenvalue weighted by molar-refractivity contribution is -0.149. The lowest BCUT2D eigenvalue weighted by atomic mass is 9.89. The van der Waals surface area contributed by atoms with Gasteiger partial charge in [0.05, 0.1) is 5.41 Å². The molecule has 1 heterocycles. The Morgan fingerprint density at radius 2 is 1.85 bits per heavy atom. The van der Waals surface area contributed by atoms with Crippen LogP contribution in [0.15, 0.2) is 0 Å². The first-order chi connectivity index (χ1) is 9.31. The maximum absolute atomic E-state index is 11.6. The number of nitrogens with one attached hydrogen (secondary N) is 2. The highest BCUT2D eigenvalue weighted by molar-refractivity contribution is 7.99. The summed E-state index contributed by atoms with van der Waals surface area (Å²) in [6, 6.07) is -0.547. The average Bonchev–Trinajstić information content (AvgIpc) is 2.36. The number of carboxylic acids is 1. The first kappa shape index (κ1) is 16.8. The third kappa shape index (κ3) is 5.81. The molecule has 0 aromatic carbocycles. The van der Waals surface area contributed by atoms with Crippen LogP contribution in [-0.4, -0.2) is 41.1 Å². The highest BCUT2D eigenvalue weighted by Gasteiger charge is 2.30. The molecule has 114 valence electrons. The quantitative estimate of drug-likeness (QED) is 0.714. The van der Waals surface area contributed by atoms with Crippen LogP contribution in [0.5, 0.6) is 0 Å². The van der Waals surface area contributed by atoms with Gasteiger partial charge in [-0.2, -0.15) is 11.8 Å². The minimum Gasteiger partial charge on any atom is -0.481 e. The molecule has 0 bridgehead atoms. The Balaban J connectivity index is 2.27. The van der Waals surface area contributed by atoms with Gasteiger partial charge in [0, 0.05) is 13.0 Å². The van der Waals surface area contributed by atoms with E-state index >= 15 is 0 Å². The summed E-state index contributed by atoms with van der Waals surface area (Å²) in [4.78, 5) is 34.0. The maximum atomic E-state index is 11.6. The second-order valence-electron chi connectivity index (χ2n) is 5.68. The van der Waals surface area contributed by atoms with Gasteiger partial charge in [-0.3, -0.25) is 14.9 Å². The zero-order chi connectivity index (χ0) is 15.2. The maximum Gasteiger partial charge on any atom is 0.321 e. The largest absolute Gasteiger partial charge is 0.481 e. The van der Waals surface area contributed by atoms with Crippen molar-refractivity contribution in [1.82, 2.24) is 10.6 Å². The molecule has 0 aromatic rings. The van der Waals surface area contributed by atoms with Gasteiger partial charge in [0.15, 0.2) is 0 Å². The second kappa shape index (κ2) is 7.52. The molecule has 1 aliphatic rings. The van der Waals surface area contributed by atoms with E-state index in [4.69, 9.17) is 5.11 Å². The molecule has 0 atom stereocenters. The molecule has 1 fully saturated rings. The van der Waals surface area contributed by atoms with E-state index in [1.807, 2.05) is 11.8 Å².